The highest BCUT2D eigenvalue weighted by Gasteiger charge is 2.20. The number of likely N-dealkylation sites (tertiary alicyclic amines) is 1. The van der Waals surface area contributed by atoms with Crippen LogP contribution in [0, 0.1) is 16.0 Å². The Morgan fingerprint density at radius 1 is 1.69 bits per heavy atom. The number of rotatable bonds is 2. The SMILES string of the molecule is C=C/C=N\[N+](=O)[O-].CC1CN(C)CCC1=O. The summed E-state index contributed by atoms with van der Waals surface area (Å²) in [6.45, 7) is 7.07. The third-order valence-electron chi connectivity index (χ3n) is 2.14. The van der Waals surface area contributed by atoms with Crippen molar-refractivity contribution in [1.29, 1.82) is 0 Å². The highest BCUT2D eigenvalue weighted by atomic mass is 16.7. The first-order valence-corrected chi connectivity index (χ1v) is 4.98. The number of nitrogens with zero attached hydrogens (tertiary/aromatic N) is 3. The summed E-state index contributed by atoms with van der Waals surface area (Å²) in [7, 11) is 2.06. The molecule has 0 aromatic carbocycles. The van der Waals surface area contributed by atoms with Crippen LogP contribution in [0.5, 0.6) is 0 Å². The van der Waals surface area contributed by atoms with Gasteiger partial charge < -0.3 is 4.90 Å². The van der Waals surface area contributed by atoms with Crippen molar-refractivity contribution in [2.45, 2.75) is 13.3 Å². The maximum Gasteiger partial charge on any atom is 0.190 e. The van der Waals surface area contributed by atoms with Gasteiger partial charge in [-0.25, -0.2) is 10.1 Å². The quantitative estimate of drug-likeness (QED) is 0.400. The van der Waals surface area contributed by atoms with Crippen molar-refractivity contribution in [1.82, 2.24) is 4.90 Å². The molecule has 0 N–H and O–H groups in total. The molecule has 1 heterocycles. The average Bonchev–Trinajstić information content (AvgIpc) is 2.22. The maximum absolute atomic E-state index is 10.9. The second-order valence-corrected chi connectivity index (χ2v) is 3.62. The molecule has 16 heavy (non-hydrogen) atoms. The van der Waals surface area contributed by atoms with E-state index in [0.717, 1.165) is 25.7 Å². The number of hydrogen-bond donors (Lipinski definition) is 0. The van der Waals surface area contributed by atoms with Gasteiger partial charge in [0.15, 0.2) is 5.03 Å². The van der Waals surface area contributed by atoms with Crippen molar-refractivity contribution >= 4 is 12.0 Å². The summed E-state index contributed by atoms with van der Waals surface area (Å²) in [6.07, 6.45) is 3.00. The molecule has 0 aromatic rings. The monoisotopic (exact) mass is 227 g/mol. The van der Waals surface area contributed by atoms with Crippen molar-refractivity contribution in [3.05, 3.63) is 22.8 Å². The number of ketones is 1. The minimum absolute atomic E-state index is 0.267. The minimum Gasteiger partial charge on any atom is -0.305 e. The molecule has 6 nitrogen and oxygen atoms in total. The molecule has 0 saturated carbocycles. The summed E-state index contributed by atoms with van der Waals surface area (Å²) >= 11 is 0. The third kappa shape index (κ3) is 6.83. The Morgan fingerprint density at radius 3 is 2.62 bits per heavy atom. The van der Waals surface area contributed by atoms with E-state index in [1.807, 2.05) is 6.92 Å². The number of carbonyl (C=O) groups is 1. The van der Waals surface area contributed by atoms with E-state index in [1.54, 1.807) is 0 Å². The van der Waals surface area contributed by atoms with Crippen LogP contribution in [-0.2, 0) is 4.79 Å². The van der Waals surface area contributed by atoms with Gasteiger partial charge in [0.05, 0.1) is 5.10 Å². The molecule has 0 spiro atoms. The number of Topliss-reactive ketones (excluding diaryl/α,β-unsaturated/α-hetero) is 1. The molecule has 0 radical (unpaired) electrons. The summed E-state index contributed by atoms with van der Waals surface area (Å²) in [4.78, 5) is 22.4. The van der Waals surface area contributed by atoms with Crippen LogP contribution in [0.1, 0.15) is 13.3 Å². The van der Waals surface area contributed by atoms with Gasteiger partial charge in [-0.15, -0.1) is 0 Å². The van der Waals surface area contributed by atoms with Gasteiger partial charge in [-0.2, -0.15) is 0 Å². The number of hydrazone groups is 1. The number of piperidine rings is 1. The van der Waals surface area contributed by atoms with Crippen LogP contribution in [0.2, 0.25) is 0 Å². The van der Waals surface area contributed by atoms with Crippen LogP contribution in [0.3, 0.4) is 0 Å². The standard InChI is InChI=1S/C7H13NO.C3H4N2O2/c1-6-5-8(2)4-3-7(6)9;1-2-3-4-5(6)7/h6H,3-5H2,1-2H3;2-3H,1H2/b;4-3-. The first-order valence-electron chi connectivity index (χ1n) is 4.98. The smallest absolute Gasteiger partial charge is 0.190 e. The zero-order valence-electron chi connectivity index (χ0n) is 9.63. The van der Waals surface area contributed by atoms with E-state index in [0.29, 0.717) is 5.78 Å². The van der Waals surface area contributed by atoms with Gasteiger partial charge in [0, 0.05) is 25.4 Å². The highest BCUT2D eigenvalue weighted by molar-refractivity contribution is 5.81. The fourth-order valence-corrected chi connectivity index (χ4v) is 1.31. The number of nitro groups is 1. The van der Waals surface area contributed by atoms with Crippen molar-refractivity contribution in [3.63, 3.8) is 0 Å². The van der Waals surface area contributed by atoms with Gasteiger partial charge in [-0.05, 0) is 13.1 Å². The zero-order chi connectivity index (χ0) is 12.6. The lowest BCUT2D eigenvalue weighted by Gasteiger charge is -2.25. The third-order valence-corrected chi connectivity index (χ3v) is 2.14. The predicted molar refractivity (Wildman–Crippen MR) is 62.0 cm³/mol. The molecule has 0 amide bonds. The summed E-state index contributed by atoms with van der Waals surface area (Å²) in [5.41, 5.74) is 0. The fraction of sp³-hybridized carbons (Fsp3) is 0.600. The maximum atomic E-state index is 10.9. The lowest BCUT2D eigenvalue weighted by Crippen LogP contribution is -2.36. The first-order chi connectivity index (χ1) is 7.47. The number of allylic oxidation sites excluding steroid dienone is 1. The van der Waals surface area contributed by atoms with Gasteiger partial charge >= 0.3 is 0 Å². The lowest BCUT2D eigenvalue weighted by molar-refractivity contribution is -0.484. The van der Waals surface area contributed by atoms with Gasteiger partial charge in [0.25, 0.3) is 0 Å². The Kier molecular flexibility index (Phi) is 6.95. The number of hydrogen-bond acceptors (Lipinski definition) is 4. The van der Waals surface area contributed by atoms with E-state index >= 15 is 0 Å². The molecule has 1 rings (SSSR count). The normalized spacial score (nSPS) is 21.4. The molecule has 90 valence electrons. The van der Waals surface area contributed by atoms with E-state index in [4.69, 9.17) is 0 Å². The molecule has 0 aromatic heterocycles. The Balaban J connectivity index is 0.000000293. The Bertz CT molecular complexity index is 289. The van der Waals surface area contributed by atoms with Crippen molar-refractivity contribution < 1.29 is 9.83 Å². The summed E-state index contributed by atoms with van der Waals surface area (Å²) in [5.74, 6) is 0.692. The topological polar surface area (TPSA) is 75.8 Å². The van der Waals surface area contributed by atoms with E-state index < -0.39 is 5.03 Å². The molecule has 1 atom stereocenters. The van der Waals surface area contributed by atoms with Gasteiger partial charge in [-0.1, -0.05) is 13.5 Å². The molecule has 1 fully saturated rings. The Labute approximate surface area is 94.8 Å². The van der Waals surface area contributed by atoms with Crippen LogP contribution in [0.25, 0.3) is 0 Å². The van der Waals surface area contributed by atoms with E-state index in [9.17, 15) is 14.9 Å². The largest absolute Gasteiger partial charge is 0.305 e. The highest BCUT2D eigenvalue weighted by Crippen LogP contribution is 2.09. The predicted octanol–water partition coefficient (Wildman–Crippen LogP) is 0.962. The molecule has 0 bridgehead atoms. The number of carbonyl (C=O) groups excluding carboxylic acids is 1. The second kappa shape index (κ2) is 7.70. The molecular weight excluding hydrogens is 210 g/mol. The fourth-order valence-electron chi connectivity index (χ4n) is 1.31. The molecule has 6 heteroatoms. The van der Waals surface area contributed by atoms with Crippen LogP contribution < -0.4 is 0 Å². The second-order valence-electron chi connectivity index (χ2n) is 3.62. The van der Waals surface area contributed by atoms with Crippen molar-refractivity contribution in [2.75, 3.05) is 20.1 Å². The van der Waals surface area contributed by atoms with E-state index in [2.05, 4.69) is 23.6 Å². The van der Waals surface area contributed by atoms with Crippen molar-refractivity contribution in [2.24, 2.45) is 11.0 Å². The average molecular weight is 227 g/mol. The minimum atomic E-state index is -0.790. The molecular formula is C10H17N3O3. The van der Waals surface area contributed by atoms with Crippen LogP contribution in [0.4, 0.5) is 0 Å². The molecule has 1 aliphatic rings. The lowest BCUT2D eigenvalue weighted by atomic mass is 9.99. The van der Waals surface area contributed by atoms with Gasteiger partial charge in [0.2, 0.25) is 0 Å². The Hall–Kier alpha value is -1.56. The zero-order valence-corrected chi connectivity index (χ0v) is 9.63. The van der Waals surface area contributed by atoms with Crippen LogP contribution in [-0.4, -0.2) is 42.1 Å². The molecule has 1 saturated heterocycles. The van der Waals surface area contributed by atoms with Gasteiger partial charge in [0.1, 0.15) is 12.0 Å². The summed E-state index contributed by atoms with van der Waals surface area (Å²) < 4.78 is 0. The summed E-state index contributed by atoms with van der Waals surface area (Å²) in [5, 5.41) is 11.3. The first kappa shape index (κ1) is 14.4. The van der Waals surface area contributed by atoms with E-state index in [1.165, 1.54) is 6.08 Å². The van der Waals surface area contributed by atoms with Crippen LogP contribution >= 0.6 is 0 Å². The van der Waals surface area contributed by atoms with Crippen molar-refractivity contribution in [3.8, 4) is 0 Å². The van der Waals surface area contributed by atoms with E-state index in [-0.39, 0.29) is 5.92 Å². The van der Waals surface area contributed by atoms with Crippen LogP contribution in [0.15, 0.2) is 17.8 Å². The Morgan fingerprint density at radius 2 is 2.31 bits per heavy atom. The van der Waals surface area contributed by atoms with Gasteiger partial charge in [-0.3, -0.25) is 4.79 Å². The molecule has 1 aliphatic heterocycles. The molecule has 0 aliphatic carbocycles. The molecule has 1 unspecified atom stereocenters. The summed E-state index contributed by atoms with van der Waals surface area (Å²) in [6, 6.07) is 0.